The summed E-state index contributed by atoms with van der Waals surface area (Å²) in [5.74, 6) is -0.148. The van der Waals surface area contributed by atoms with Gasteiger partial charge in [-0.1, -0.05) is 29.3 Å². The summed E-state index contributed by atoms with van der Waals surface area (Å²) < 4.78 is 5.50. The first kappa shape index (κ1) is 16.6. The standard InChI is InChI=1S/C16H21Cl2NO2/c1-16(2,3)21-15(20)14-5-4-8-19(14)10-11-6-7-12(17)9-13(11)18/h6-7,9,14H,4-5,8,10H2,1-3H3/t14-/m1/s1. The van der Waals surface area contributed by atoms with Crippen LogP contribution in [0.15, 0.2) is 18.2 Å². The lowest BCUT2D eigenvalue weighted by Gasteiger charge is -2.27. The van der Waals surface area contributed by atoms with Gasteiger partial charge >= 0.3 is 5.97 Å². The Hall–Kier alpha value is -0.770. The van der Waals surface area contributed by atoms with Crippen molar-refractivity contribution in [2.45, 2.75) is 51.8 Å². The number of ether oxygens (including phenoxy) is 1. The second kappa shape index (κ2) is 6.55. The van der Waals surface area contributed by atoms with Crippen molar-refractivity contribution in [1.29, 1.82) is 0 Å². The van der Waals surface area contributed by atoms with E-state index >= 15 is 0 Å². The zero-order chi connectivity index (χ0) is 15.6. The van der Waals surface area contributed by atoms with Crippen LogP contribution in [0.2, 0.25) is 10.0 Å². The summed E-state index contributed by atoms with van der Waals surface area (Å²) in [7, 11) is 0. The number of hydrogen-bond acceptors (Lipinski definition) is 3. The van der Waals surface area contributed by atoms with Crippen molar-refractivity contribution >= 4 is 29.2 Å². The molecule has 1 aromatic rings. The summed E-state index contributed by atoms with van der Waals surface area (Å²) in [6.07, 6.45) is 1.83. The molecule has 0 amide bonds. The zero-order valence-corrected chi connectivity index (χ0v) is 14.2. The molecule has 0 radical (unpaired) electrons. The monoisotopic (exact) mass is 329 g/mol. The molecule has 0 aliphatic carbocycles. The number of hydrogen-bond donors (Lipinski definition) is 0. The van der Waals surface area contributed by atoms with Crippen LogP contribution in [-0.4, -0.2) is 29.1 Å². The van der Waals surface area contributed by atoms with Gasteiger partial charge in [0.1, 0.15) is 11.6 Å². The molecular weight excluding hydrogens is 309 g/mol. The first-order chi connectivity index (χ1) is 9.76. The van der Waals surface area contributed by atoms with Gasteiger partial charge in [0, 0.05) is 16.6 Å². The average Bonchev–Trinajstić information content (AvgIpc) is 2.79. The van der Waals surface area contributed by atoms with Gasteiger partial charge in [0.05, 0.1) is 0 Å². The summed E-state index contributed by atoms with van der Waals surface area (Å²) in [5.41, 5.74) is 0.528. The molecule has 0 bridgehead atoms. The Morgan fingerprint density at radius 3 is 2.71 bits per heavy atom. The lowest BCUT2D eigenvalue weighted by molar-refractivity contribution is -0.160. The maximum absolute atomic E-state index is 12.3. The molecule has 1 aliphatic rings. The van der Waals surface area contributed by atoms with Gasteiger partial charge in [0.2, 0.25) is 0 Å². The normalized spacial score (nSPS) is 19.8. The van der Waals surface area contributed by atoms with E-state index in [2.05, 4.69) is 4.90 Å². The number of carbonyl (C=O) groups is 1. The van der Waals surface area contributed by atoms with Crippen molar-refractivity contribution in [1.82, 2.24) is 4.90 Å². The van der Waals surface area contributed by atoms with E-state index in [1.807, 2.05) is 32.9 Å². The smallest absolute Gasteiger partial charge is 0.323 e. The Morgan fingerprint density at radius 1 is 1.38 bits per heavy atom. The van der Waals surface area contributed by atoms with Crippen LogP contribution in [0.25, 0.3) is 0 Å². The SMILES string of the molecule is CC(C)(C)OC(=O)[C@H]1CCCN1Cc1ccc(Cl)cc1Cl. The molecule has 1 aliphatic heterocycles. The molecular formula is C16H21Cl2NO2. The van der Waals surface area contributed by atoms with Crippen LogP contribution in [0.3, 0.4) is 0 Å². The summed E-state index contributed by atoms with van der Waals surface area (Å²) in [5, 5.41) is 1.26. The Bertz CT molecular complexity index is 525. The van der Waals surface area contributed by atoms with Crippen molar-refractivity contribution in [3.05, 3.63) is 33.8 Å². The maximum atomic E-state index is 12.3. The van der Waals surface area contributed by atoms with Gasteiger partial charge in [0.15, 0.2) is 0 Å². The number of benzene rings is 1. The molecule has 0 unspecified atom stereocenters. The van der Waals surface area contributed by atoms with Gasteiger partial charge < -0.3 is 4.74 Å². The Morgan fingerprint density at radius 2 is 2.10 bits per heavy atom. The van der Waals surface area contributed by atoms with Gasteiger partial charge in [-0.25, -0.2) is 0 Å². The number of likely N-dealkylation sites (tertiary alicyclic amines) is 1. The number of carbonyl (C=O) groups excluding carboxylic acids is 1. The number of nitrogens with zero attached hydrogens (tertiary/aromatic N) is 1. The van der Waals surface area contributed by atoms with Crippen molar-refractivity contribution in [2.24, 2.45) is 0 Å². The Balaban J connectivity index is 2.06. The quantitative estimate of drug-likeness (QED) is 0.774. The van der Waals surface area contributed by atoms with Crippen molar-refractivity contribution in [3.63, 3.8) is 0 Å². The lowest BCUT2D eigenvalue weighted by Crippen LogP contribution is -2.40. The number of halogens is 2. The molecule has 0 spiro atoms. The van der Waals surface area contributed by atoms with Gasteiger partial charge in [-0.3, -0.25) is 9.69 Å². The van der Waals surface area contributed by atoms with Crippen molar-refractivity contribution in [3.8, 4) is 0 Å². The Labute approximate surface area is 136 Å². The fourth-order valence-corrected chi connectivity index (χ4v) is 2.99. The third kappa shape index (κ3) is 4.60. The second-order valence-corrected chi connectivity index (χ2v) is 7.24. The fourth-order valence-electron chi connectivity index (χ4n) is 2.52. The van der Waals surface area contributed by atoms with Crippen LogP contribution in [-0.2, 0) is 16.1 Å². The van der Waals surface area contributed by atoms with Crippen LogP contribution in [0.1, 0.15) is 39.2 Å². The molecule has 2 rings (SSSR count). The van der Waals surface area contributed by atoms with Crippen LogP contribution >= 0.6 is 23.2 Å². The highest BCUT2D eigenvalue weighted by atomic mass is 35.5. The molecule has 1 saturated heterocycles. The lowest BCUT2D eigenvalue weighted by atomic mass is 10.1. The molecule has 0 saturated carbocycles. The topological polar surface area (TPSA) is 29.5 Å². The van der Waals surface area contributed by atoms with Gasteiger partial charge in [0.25, 0.3) is 0 Å². The highest BCUT2D eigenvalue weighted by Crippen LogP contribution is 2.27. The molecule has 0 N–H and O–H groups in total. The molecule has 1 atom stereocenters. The third-order valence-electron chi connectivity index (χ3n) is 3.43. The molecule has 1 heterocycles. The summed E-state index contributed by atoms with van der Waals surface area (Å²) in [6.45, 7) is 7.18. The van der Waals surface area contributed by atoms with Gasteiger partial charge in [-0.05, 0) is 57.9 Å². The molecule has 0 aromatic heterocycles. The molecule has 116 valence electrons. The fraction of sp³-hybridized carbons (Fsp3) is 0.562. The van der Waals surface area contributed by atoms with Crippen molar-refractivity contribution < 1.29 is 9.53 Å². The maximum Gasteiger partial charge on any atom is 0.323 e. The number of esters is 1. The van der Waals surface area contributed by atoms with E-state index in [1.165, 1.54) is 0 Å². The molecule has 21 heavy (non-hydrogen) atoms. The van der Waals surface area contributed by atoms with Crippen LogP contribution in [0.5, 0.6) is 0 Å². The first-order valence-electron chi connectivity index (χ1n) is 7.17. The molecule has 3 nitrogen and oxygen atoms in total. The zero-order valence-electron chi connectivity index (χ0n) is 12.7. The molecule has 1 aromatic carbocycles. The van der Waals surface area contributed by atoms with Crippen LogP contribution in [0, 0.1) is 0 Å². The molecule has 1 fully saturated rings. The van der Waals surface area contributed by atoms with E-state index in [9.17, 15) is 4.79 Å². The van der Waals surface area contributed by atoms with Crippen LogP contribution < -0.4 is 0 Å². The minimum absolute atomic E-state index is 0.148. The average molecular weight is 330 g/mol. The predicted molar refractivity (Wildman–Crippen MR) is 85.7 cm³/mol. The minimum Gasteiger partial charge on any atom is -0.459 e. The van der Waals surface area contributed by atoms with E-state index in [0.717, 1.165) is 24.9 Å². The number of rotatable bonds is 3. The summed E-state index contributed by atoms with van der Waals surface area (Å²) >= 11 is 12.1. The van der Waals surface area contributed by atoms with Gasteiger partial charge in [-0.2, -0.15) is 0 Å². The highest BCUT2D eigenvalue weighted by Gasteiger charge is 2.34. The minimum atomic E-state index is -0.455. The summed E-state index contributed by atoms with van der Waals surface area (Å²) in [4.78, 5) is 14.4. The van der Waals surface area contributed by atoms with E-state index in [4.69, 9.17) is 27.9 Å². The van der Waals surface area contributed by atoms with E-state index in [0.29, 0.717) is 16.6 Å². The second-order valence-electron chi connectivity index (χ2n) is 6.40. The van der Waals surface area contributed by atoms with E-state index in [-0.39, 0.29) is 12.0 Å². The first-order valence-corrected chi connectivity index (χ1v) is 7.93. The third-order valence-corrected chi connectivity index (χ3v) is 4.02. The van der Waals surface area contributed by atoms with Crippen molar-refractivity contribution in [2.75, 3.05) is 6.54 Å². The van der Waals surface area contributed by atoms with E-state index < -0.39 is 5.60 Å². The highest BCUT2D eigenvalue weighted by molar-refractivity contribution is 6.35. The Kier molecular flexibility index (Phi) is 5.18. The van der Waals surface area contributed by atoms with E-state index in [1.54, 1.807) is 6.07 Å². The van der Waals surface area contributed by atoms with Gasteiger partial charge in [-0.15, -0.1) is 0 Å². The van der Waals surface area contributed by atoms with Crippen LogP contribution in [0.4, 0.5) is 0 Å². The summed E-state index contributed by atoms with van der Waals surface area (Å²) in [6, 6.07) is 5.28. The molecule has 5 heteroatoms. The largest absolute Gasteiger partial charge is 0.459 e. The predicted octanol–water partition coefficient (Wildman–Crippen LogP) is 4.30.